The molecular weight excluding hydrogens is 848 g/mol. The molecule has 63 heavy (non-hydrogen) atoms. The maximum Gasteiger partial charge on any atom is 0.490 e. The minimum Gasteiger partial charge on any atom is -0.508 e. The number of hydrogen-bond acceptors (Lipinski definition) is 9. The summed E-state index contributed by atoms with van der Waals surface area (Å²) in [5, 5.41) is 35.0. The number of halogens is 6. The summed E-state index contributed by atoms with van der Waals surface area (Å²) in [5.74, 6) is -6.95. The third-order valence-electron chi connectivity index (χ3n) is 8.27. The molecule has 0 unspecified atom stereocenters. The molecule has 346 valence electrons. The van der Waals surface area contributed by atoms with Gasteiger partial charge in [0.25, 0.3) is 0 Å². The van der Waals surface area contributed by atoms with Crippen LogP contribution in [0.2, 0.25) is 0 Å². The summed E-state index contributed by atoms with van der Waals surface area (Å²) >= 11 is 0. The molecule has 4 amide bonds. The first-order valence-corrected chi connectivity index (χ1v) is 19.3. The molecule has 0 aromatic heterocycles. The lowest BCUT2D eigenvalue weighted by Gasteiger charge is -2.23. The Morgan fingerprint density at radius 3 is 1.59 bits per heavy atom. The third-order valence-corrected chi connectivity index (χ3v) is 8.27. The largest absolute Gasteiger partial charge is 0.508 e. The molecule has 16 nitrogen and oxygen atoms in total. The van der Waals surface area contributed by atoms with Gasteiger partial charge in [-0.3, -0.25) is 29.5 Å². The fourth-order valence-electron chi connectivity index (χ4n) is 5.20. The molecule has 0 saturated heterocycles. The molecule has 3 aromatic rings. The van der Waals surface area contributed by atoms with Crippen molar-refractivity contribution < 1.29 is 70.4 Å². The molecule has 3 rings (SSSR count). The zero-order valence-corrected chi connectivity index (χ0v) is 33.9. The first-order valence-electron chi connectivity index (χ1n) is 19.3. The number of alkyl halides is 6. The van der Waals surface area contributed by atoms with Crippen molar-refractivity contribution in [1.29, 1.82) is 0 Å². The number of unbranched alkanes of at least 4 members (excludes halogenated alkanes) is 3. The topological polar surface area (TPSA) is 276 Å². The van der Waals surface area contributed by atoms with Crippen LogP contribution in [0.15, 0.2) is 89.9 Å². The Labute approximate surface area is 358 Å². The molecule has 0 fully saturated rings. The number of aliphatic imine (C=N–C) groups is 1. The highest BCUT2D eigenvalue weighted by Gasteiger charge is 2.39. The first kappa shape index (κ1) is 54.3. The lowest BCUT2D eigenvalue weighted by Crippen LogP contribution is -2.48. The van der Waals surface area contributed by atoms with Crippen LogP contribution in [0, 0.1) is 0 Å². The fraction of sp³-hybridized carbons (Fsp3) is 0.390. The van der Waals surface area contributed by atoms with Crippen LogP contribution in [-0.2, 0) is 35.3 Å². The van der Waals surface area contributed by atoms with E-state index in [9.17, 15) is 50.6 Å². The van der Waals surface area contributed by atoms with Crippen molar-refractivity contribution in [3.8, 4) is 5.75 Å². The number of nitrogens with two attached hydrogens (primary N) is 2. The smallest absolute Gasteiger partial charge is 0.490 e. The average molecular weight is 900 g/mol. The van der Waals surface area contributed by atoms with Gasteiger partial charge >= 0.3 is 24.3 Å². The summed E-state index contributed by atoms with van der Waals surface area (Å²) < 4.78 is 63.5. The first-order chi connectivity index (χ1) is 29.6. The number of nitrogens with zero attached hydrogens (tertiary/aromatic N) is 1. The second-order valence-corrected chi connectivity index (χ2v) is 13.3. The van der Waals surface area contributed by atoms with Gasteiger partial charge in [-0.05, 0) is 54.5 Å². The van der Waals surface area contributed by atoms with Crippen LogP contribution in [0.5, 0.6) is 5.75 Å². The SMILES string of the molecule is NCCNC(=O)CCCCCCC(=O)NC(N)=NCCC[C@@H](NC(=O)C(c1ccccc1)c1ccccc1)C(=O)NCc1ccc(O)cc1.O=C(O)C(F)(F)F.O=C(O)C(F)(F)F. The Balaban J connectivity index is 0.00000121. The van der Waals surface area contributed by atoms with E-state index in [0.717, 1.165) is 36.0 Å². The highest BCUT2D eigenvalue weighted by atomic mass is 19.4. The number of phenols is 1. The van der Waals surface area contributed by atoms with E-state index in [4.69, 9.17) is 31.3 Å². The summed E-state index contributed by atoms with van der Waals surface area (Å²) in [6.45, 7) is 1.34. The molecule has 0 saturated carbocycles. The van der Waals surface area contributed by atoms with Crippen LogP contribution in [0.4, 0.5) is 26.3 Å². The lowest BCUT2D eigenvalue weighted by atomic mass is 9.90. The summed E-state index contributed by atoms with van der Waals surface area (Å²) in [7, 11) is 0. The fourth-order valence-corrected chi connectivity index (χ4v) is 5.20. The number of phenolic OH excluding ortho intramolecular Hbond substituents is 1. The number of rotatable bonds is 20. The van der Waals surface area contributed by atoms with Gasteiger partial charge in [-0.2, -0.15) is 26.3 Å². The molecule has 0 spiro atoms. The van der Waals surface area contributed by atoms with Gasteiger partial charge in [0, 0.05) is 39.0 Å². The number of carboxylic acid groups (broad SMARTS) is 2. The maximum absolute atomic E-state index is 13.8. The highest BCUT2D eigenvalue weighted by molar-refractivity contribution is 5.96. The van der Waals surface area contributed by atoms with Crippen molar-refractivity contribution >= 4 is 41.5 Å². The average Bonchev–Trinajstić information content (AvgIpc) is 3.22. The van der Waals surface area contributed by atoms with Gasteiger partial charge in [0.15, 0.2) is 5.96 Å². The number of aromatic hydroxyl groups is 1. The molecule has 0 aliphatic heterocycles. The predicted octanol–water partition coefficient (Wildman–Crippen LogP) is 4.22. The van der Waals surface area contributed by atoms with Crippen molar-refractivity contribution in [1.82, 2.24) is 21.3 Å². The Bertz CT molecular complexity index is 1840. The van der Waals surface area contributed by atoms with Crippen LogP contribution in [0.3, 0.4) is 0 Å². The van der Waals surface area contributed by atoms with E-state index in [1.807, 2.05) is 60.7 Å². The van der Waals surface area contributed by atoms with E-state index in [1.165, 1.54) is 0 Å². The number of carbonyl (C=O) groups excluding carboxylic acids is 4. The lowest BCUT2D eigenvalue weighted by molar-refractivity contribution is -0.193. The highest BCUT2D eigenvalue weighted by Crippen LogP contribution is 2.25. The van der Waals surface area contributed by atoms with Gasteiger partial charge in [0.1, 0.15) is 11.8 Å². The van der Waals surface area contributed by atoms with Crippen molar-refractivity contribution in [2.75, 3.05) is 19.6 Å². The van der Waals surface area contributed by atoms with Crippen LogP contribution >= 0.6 is 0 Å². The second-order valence-electron chi connectivity index (χ2n) is 13.3. The number of carbonyl (C=O) groups is 6. The number of guanidine groups is 1. The van der Waals surface area contributed by atoms with Crippen molar-refractivity contribution in [3.63, 3.8) is 0 Å². The van der Waals surface area contributed by atoms with Crippen LogP contribution < -0.4 is 32.7 Å². The Morgan fingerprint density at radius 2 is 1.13 bits per heavy atom. The normalized spacial score (nSPS) is 11.7. The number of aliphatic carboxylic acids is 2. The summed E-state index contributed by atoms with van der Waals surface area (Å²) in [6, 6.07) is 24.4. The quantitative estimate of drug-likeness (QED) is 0.0335. The van der Waals surface area contributed by atoms with Crippen molar-refractivity contribution in [2.45, 2.75) is 82.2 Å². The van der Waals surface area contributed by atoms with E-state index in [-0.39, 0.29) is 61.3 Å². The Kier molecular flexibility index (Phi) is 24.8. The molecule has 22 heteroatoms. The van der Waals surface area contributed by atoms with Crippen molar-refractivity contribution in [2.24, 2.45) is 16.5 Å². The van der Waals surface area contributed by atoms with Gasteiger partial charge < -0.3 is 42.7 Å². The molecule has 0 bridgehead atoms. The molecular formula is C41H51F6N7O9. The predicted molar refractivity (Wildman–Crippen MR) is 218 cm³/mol. The zero-order valence-electron chi connectivity index (χ0n) is 33.9. The van der Waals surface area contributed by atoms with E-state index in [2.05, 4.69) is 26.3 Å². The standard InChI is InChI=1S/C37H49N7O5.2C2HF3O2/c38-23-25-40-32(46)17-9-1-2-10-18-33(47)44-37(39)41-24-11-16-31(35(48)42-26-27-19-21-30(45)22-20-27)43-36(49)34(28-12-5-3-6-13-28)29-14-7-4-8-15-29;2*3-2(4,5)1(6)7/h3-8,12-15,19-22,31,34,45H,1-2,9-11,16-18,23-26,38H2,(H,40,46)(H,42,48)(H,43,49)(H3,39,41,44,47);2*(H,6,7)/t31-;;/m1../s1. The Hall–Kier alpha value is -6.71. The van der Waals surface area contributed by atoms with E-state index < -0.39 is 36.3 Å². The minimum atomic E-state index is -5.08. The third kappa shape index (κ3) is 24.4. The summed E-state index contributed by atoms with van der Waals surface area (Å²) in [6.07, 6.45) is -5.69. The molecule has 0 heterocycles. The summed E-state index contributed by atoms with van der Waals surface area (Å²) in [4.78, 5) is 73.2. The van der Waals surface area contributed by atoms with Gasteiger partial charge in [-0.15, -0.1) is 0 Å². The number of nitrogens with one attached hydrogen (secondary N) is 4. The van der Waals surface area contributed by atoms with Crippen LogP contribution in [0.25, 0.3) is 0 Å². The van der Waals surface area contributed by atoms with E-state index in [1.54, 1.807) is 24.3 Å². The van der Waals surface area contributed by atoms with Gasteiger partial charge in [-0.1, -0.05) is 85.6 Å². The number of carboxylic acids is 2. The number of hydrogen-bond donors (Lipinski definition) is 9. The molecule has 0 aliphatic carbocycles. The van der Waals surface area contributed by atoms with Crippen LogP contribution in [0.1, 0.15) is 74.0 Å². The summed E-state index contributed by atoms with van der Waals surface area (Å²) in [5.41, 5.74) is 13.7. The maximum atomic E-state index is 13.8. The van der Waals surface area contributed by atoms with E-state index >= 15 is 0 Å². The van der Waals surface area contributed by atoms with Crippen molar-refractivity contribution in [3.05, 3.63) is 102 Å². The number of benzene rings is 3. The van der Waals surface area contributed by atoms with E-state index in [0.29, 0.717) is 32.4 Å². The van der Waals surface area contributed by atoms with Gasteiger partial charge in [-0.25, -0.2) is 9.59 Å². The van der Waals surface area contributed by atoms with Gasteiger partial charge in [0.2, 0.25) is 23.6 Å². The Morgan fingerprint density at radius 1 is 0.651 bits per heavy atom. The number of amides is 4. The van der Waals surface area contributed by atoms with Gasteiger partial charge in [0.05, 0.1) is 5.92 Å². The molecule has 0 aliphatic rings. The minimum absolute atomic E-state index is 0.00726. The zero-order chi connectivity index (χ0) is 47.4. The second kappa shape index (κ2) is 28.7. The molecule has 0 radical (unpaired) electrons. The molecule has 3 aromatic carbocycles. The monoisotopic (exact) mass is 899 g/mol. The molecule has 11 N–H and O–H groups in total. The molecule has 1 atom stereocenters. The van der Waals surface area contributed by atoms with Crippen LogP contribution in [-0.4, -0.2) is 94.9 Å².